The van der Waals surface area contributed by atoms with Gasteiger partial charge in [0.05, 0.1) is 0 Å². The molecule has 2 N–H and O–H groups in total. The SMILES string of the molecule is CC(C)(C)OC(=O)N[C@@H]1CC[C@@H]2CN(C(=O)c3ccc[nH]3)C[C@H]21. The van der Waals surface area contributed by atoms with Crippen molar-refractivity contribution in [1.29, 1.82) is 0 Å². The highest BCUT2D eigenvalue weighted by Gasteiger charge is 2.45. The summed E-state index contributed by atoms with van der Waals surface area (Å²) >= 11 is 0. The lowest BCUT2D eigenvalue weighted by Crippen LogP contribution is -2.42. The second-order valence-corrected chi connectivity index (χ2v) is 7.55. The van der Waals surface area contributed by atoms with Crippen molar-refractivity contribution in [1.82, 2.24) is 15.2 Å². The van der Waals surface area contributed by atoms with E-state index in [0.717, 1.165) is 19.4 Å². The average Bonchev–Trinajstić information content (AvgIpc) is 3.13. The Hall–Kier alpha value is -1.98. The van der Waals surface area contributed by atoms with Gasteiger partial charge < -0.3 is 19.9 Å². The van der Waals surface area contributed by atoms with E-state index < -0.39 is 5.60 Å². The lowest BCUT2D eigenvalue weighted by atomic mass is 9.98. The Bertz CT molecular complexity index is 576. The Morgan fingerprint density at radius 1 is 1.30 bits per heavy atom. The van der Waals surface area contributed by atoms with Crippen LogP contribution >= 0.6 is 0 Å². The van der Waals surface area contributed by atoms with E-state index in [0.29, 0.717) is 24.1 Å². The number of alkyl carbamates (subject to hydrolysis) is 1. The van der Waals surface area contributed by atoms with Gasteiger partial charge in [0, 0.05) is 31.2 Å². The first-order chi connectivity index (χ1) is 10.8. The molecule has 6 nitrogen and oxygen atoms in total. The van der Waals surface area contributed by atoms with Gasteiger partial charge in [0.1, 0.15) is 11.3 Å². The molecule has 0 aromatic carbocycles. The van der Waals surface area contributed by atoms with Crippen molar-refractivity contribution < 1.29 is 14.3 Å². The maximum absolute atomic E-state index is 12.4. The fourth-order valence-corrected chi connectivity index (χ4v) is 3.70. The number of nitrogens with zero attached hydrogens (tertiary/aromatic N) is 1. The van der Waals surface area contributed by atoms with Crippen LogP contribution in [0.3, 0.4) is 0 Å². The third-order valence-corrected chi connectivity index (χ3v) is 4.67. The van der Waals surface area contributed by atoms with Crippen molar-refractivity contribution in [2.75, 3.05) is 13.1 Å². The molecule has 0 radical (unpaired) electrons. The van der Waals surface area contributed by atoms with Gasteiger partial charge in [-0.25, -0.2) is 4.79 Å². The second kappa shape index (κ2) is 5.91. The normalized spacial score (nSPS) is 26.9. The molecule has 3 atom stereocenters. The minimum atomic E-state index is -0.493. The number of nitrogens with one attached hydrogen (secondary N) is 2. The summed E-state index contributed by atoms with van der Waals surface area (Å²) in [7, 11) is 0. The molecule has 1 aliphatic carbocycles. The van der Waals surface area contributed by atoms with Crippen LogP contribution in [0.5, 0.6) is 0 Å². The number of carbonyl (C=O) groups excluding carboxylic acids is 2. The molecule has 2 amide bonds. The van der Waals surface area contributed by atoms with Crippen molar-refractivity contribution in [3.8, 4) is 0 Å². The number of likely N-dealkylation sites (tertiary alicyclic amines) is 1. The lowest BCUT2D eigenvalue weighted by molar-refractivity contribution is 0.0491. The third-order valence-electron chi connectivity index (χ3n) is 4.67. The molecule has 0 bridgehead atoms. The minimum Gasteiger partial charge on any atom is -0.444 e. The highest BCUT2D eigenvalue weighted by Crippen LogP contribution is 2.38. The number of amides is 2. The average molecular weight is 319 g/mol. The predicted octanol–water partition coefficient (Wildman–Crippen LogP) is 2.39. The van der Waals surface area contributed by atoms with E-state index in [4.69, 9.17) is 4.74 Å². The van der Waals surface area contributed by atoms with Crippen molar-refractivity contribution in [2.24, 2.45) is 11.8 Å². The van der Waals surface area contributed by atoms with Crippen LogP contribution < -0.4 is 5.32 Å². The summed E-state index contributed by atoms with van der Waals surface area (Å²) in [4.78, 5) is 29.3. The van der Waals surface area contributed by atoms with Gasteiger partial charge in [-0.05, 0) is 51.7 Å². The van der Waals surface area contributed by atoms with Crippen LogP contribution in [-0.4, -0.2) is 46.6 Å². The number of aromatic amines is 1. The van der Waals surface area contributed by atoms with Gasteiger partial charge in [-0.2, -0.15) is 0 Å². The maximum atomic E-state index is 12.4. The smallest absolute Gasteiger partial charge is 0.407 e. The van der Waals surface area contributed by atoms with E-state index >= 15 is 0 Å². The molecule has 0 spiro atoms. The fraction of sp³-hybridized carbons (Fsp3) is 0.647. The molecule has 1 saturated heterocycles. The van der Waals surface area contributed by atoms with Crippen molar-refractivity contribution >= 4 is 12.0 Å². The third kappa shape index (κ3) is 3.51. The van der Waals surface area contributed by atoms with Crippen LogP contribution in [0.2, 0.25) is 0 Å². The van der Waals surface area contributed by atoms with Crippen molar-refractivity contribution in [3.05, 3.63) is 24.0 Å². The molecule has 6 heteroatoms. The minimum absolute atomic E-state index is 0.0421. The quantitative estimate of drug-likeness (QED) is 0.879. The lowest BCUT2D eigenvalue weighted by Gasteiger charge is -2.24. The van der Waals surface area contributed by atoms with Gasteiger partial charge in [0.15, 0.2) is 0 Å². The van der Waals surface area contributed by atoms with Gasteiger partial charge in [-0.15, -0.1) is 0 Å². The summed E-state index contributed by atoms with van der Waals surface area (Å²) in [6, 6.07) is 3.72. The zero-order valence-electron chi connectivity index (χ0n) is 14.0. The molecule has 1 aromatic rings. The molecule has 3 rings (SSSR count). The molecule has 23 heavy (non-hydrogen) atoms. The Kier molecular flexibility index (Phi) is 4.08. The van der Waals surface area contributed by atoms with Crippen LogP contribution in [0.4, 0.5) is 4.79 Å². The molecule has 0 unspecified atom stereocenters. The van der Waals surface area contributed by atoms with Gasteiger partial charge in [-0.1, -0.05) is 0 Å². The van der Waals surface area contributed by atoms with Crippen LogP contribution in [0.15, 0.2) is 18.3 Å². The number of hydrogen-bond donors (Lipinski definition) is 2. The van der Waals surface area contributed by atoms with Crippen LogP contribution in [0, 0.1) is 11.8 Å². The number of rotatable bonds is 2. The molecule has 126 valence electrons. The summed E-state index contributed by atoms with van der Waals surface area (Å²) in [5.41, 5.74) is 0.134. The number of fused-ring (bicyclic) bond motifs is 1. The van der Waals surface area contributed by atoms with E-state index in [1.54, 1.807) is 12.3 Å². The Labute approximate surface area is 136 Å². The first-order valence-electron chi connectivity index (χ1n) is 8.25. The molecule has 1 aliphatic heterocycles. The summed E-state index contributed by atoms with van der Waals surface area (Å²) in [5.74, 6) is 0.829. The van der Waals surface area contributed by atoms with E-state index in [-0.39, 0.29) is 18.0 Å². The number of carbonyl (C=O) groups is 2. The first kappa shape index (κ1) is 15.9. The topological polar surface area (TPSA) is 74.4 Å². The van der Waals surface area contributed by atoms with Gasteiger partial charge in [-0.3, -0.25) is 4.79 Å². The van der Waals surface area contributed by atoms with Crippen LogP contribution in [0.25, 0.3) is 0 Å². The number of H-pyrrole nitrogens is 1. The van der Waals surface area contributed by atoms with Gasteiger partial charge in [0.2, 0.25) is 0 Å². The Balaban J connectivity index is 1.59. The van der Waals surface area contributed by atoms with Crippen LogP contribution in [-0.2, 0) is 4.74 Å². The maximum Gasteiger partial charge on any atom is 0.407 e. The highest BCUT2D eigenvalue weighted by molar-refractivity contribution is 5.92. The summed E-state index contributed by atoms with van der Waals surface area (Å²) in [6.07, 6.45) is 3.40. The van der Waals surface area contributed by atoms with E-state index in [1.807, 2.05) is 31.7 Å². The van der Waals surface area contributed by atoms with E-state index in [2.05, 4.69) is 10.3 Å². The van der Waals surface area contributed by atoms with Crippen LogP contribution in [0.1, 0.15) is 44.1 Å². The van der Waals surface area contributed by atoms with Crippen molar-refractivity contribution in [3.63, 3.8) is 0 Å². The zero-order valence-corrected chi connectivity index (χ0v) is 14.0. The number of ether oxygens (including phenoxy) is 1. The standard InChI is InChI=1S/C17H25N3O3/c1-17(2,3)23-16(22)19-13-7-6-11-9-20(10-12(11)13)15(21)14-5-4-8-18-14/h4-5,8,11-13,18H,6-7,9-10H2,1-3H3,(H,19,22)/t11-,12-,13-/m1/s1. The molecular formula is C17H25N3O3. The summed E-state index contributed by atoms with van der Waals surface area (Å²) in [6.45, 7) is 7.04. The van der Waals surface area contributed by atoms with E-state index in [1.165, 1.54) is 0 Å². The Morgan fingerprint density at radius 3 is 2.74 bits per heavy atom. The van der Waals surface area contributed by atoms with Gasteiger partial charge in [0.25, 0.3) is 5.91 Å². The molecule has 1 aromatic heterocycles. The molecule has 2 heterocycles. The summed E-state index contributed by atoms with van der Waals surface area (Å²) < 4.78 is 5.35. The summed E-state index contributed by atoms with van der Waals surface area (Å²) in [5, 5.41) is 2.99. The molecule has 2 fully saturated rings. The first-order valence-corrected chi connectivity index (χ1v) is 8.25. The highest BCUT2D eigenvalue weighted by atomic mass is 16.6. The van der Waals surface area contributed by atoms with Crippen molar-refractivity contribution in [2.45, 2.75) is 45.3 Å². The number of aromatic nitrogens is 1. The predicted molar refractivity (Wildman–Crippen MR) is 86.1 cm³/mol. The zero-order chi connectivity index (χ0) is 16.6. The van der Waals surface area contributed by atoms with E-state index in [9.17, 15) is 9.59 Å². The monoisotopic (exact) mass is 319 g/mol. The molecular weight excluding hydrogens is 294 g/mol. The largest absolute Gasteiger partial charge is 0.444 e. The Morgan fingerprint density at radius 2 is 2.09 bits per heavy atom. The molecule has 1 saturated carbocycles. The molecule has 2 aliphatic rings. The second-order valence-electron chi connectivity index (χ2n) is 7.55. The fourth-order valence-electron chi connectivity index (χ4n) is 3.70. The number of hydrogen-bond acceptors (Lipinski definition) is 3. The van der Waals surface area contributed by atoms with Gasteiger partial charge >= 0.3 is 6.09 Å².